The summed E-state index contributed by atoms with van der Waals surface area (Å²) in [5.41, 5.74) is 0. The van der Waals surface area contributed by atoms with Crippen LogP contribution in [0.15, 0.2) is 22.7 Å². The van der Waals surface area contributed by atoms with E-state index in [4.69, 9.17) is 21.1 Å². The van der Waals surface area contributed by atoms with E-state index in [2.05, 4.69) is 34.7 Å². The second-order valence-corrected chi connectivity index (χ2v) is 6.78. The van der Waals surface area contributed by atoms with Crippen molar-refractivity contribution in [3.05, 3.63) is 27.7 Å². The molecule has 1 aromatic rings. The van der Waals surface area contributed by atoms with E-state index in [0.29, 0.717) is 17.3 Å². The number of aliphatic hydroxyl groups is 1. The average Bonchev–Trinajstić information content (AvgIpc) is 2.39. The van der Waals surface area contributed by atoms with Gasteiger partial charge < -0.3 is 14.6 Å². The van der Waals surface area contributed by atoms with Crippen LogP contribution in [0.2, 0.25) is 5.02 Å². The molecule has 1 fully saturated rings. The number of hydrogen-bond donors (Lipinski definition) is 1. The molecule has 3 atom stereocenters. The number of hydrogen-bond acceptors (Lipinski definition) is 4. The molecule has 0 radical (unpaired) electrons. The number of halogens is 2. The lowest BCUT2D eigenvalue weighted by atomic mass is 10.2. The number of nitrogens with zero attached hydrogens (tertiary/aromatic N) is 1. The highest BCUT2D eigenvalue weighted by molar-refractivity contribution is 9.10. The van der Waals surface area contributed by atoms with E-state index < -0.39 is 6.10 Å². The number of morpholine rings is 1. The van der Waals surface area contributed by atoms with Crippen LogP contribution in [0.3, 0.4) is 0 Å². The minimum absolute atomic E-state index is 0.201. The zero-order valence-electron chi connectivity index (χ0n) is 12.3. The SMILES string of the molecule is CC1CN(CC(O)COc2ccc(Br)c(Cl)c2)CC(C)O1. The molecule has 1 aliphatic rings. The van der Waals surface area contributed by atoms with E-state index in [1.54, 1.807) is 6.07 Å². The fourth-order valence-electron chi connectivity index (χ4n) is 2.54. The van der Waals surface area contributed by atoms with Gasteiger partial charge in [-0.2, -0.15) is 0 Å². The topological polar surface area (TPSA) is 41.9 Å². The lowest BCUT2D eigenvalue weighted by Gasteiger charge is -2.36. The zero-order chi connectivity index (χ0) is 15.4. The van der Waals surface area contributed by atoms with Gasteiger partial charge in [0.25, 0.3) is 0 Å². The van der Waals surface area contributed by atoms with Crippen LogP contribution in [0.1, 0.15) is 13.8 Å². The lowest BCUT2D eigenvalue weighted by Crippen LogP contribution is -2.48. The third-order valence-corrected chi connectivity index (χ3v) is 4.53. The molecule has 6 heteroatoms. The molecule has 4 nitrogen and oxygen atoms in total. The summed E-state index contributed by atoms with van der Waals surface area (Å²) in [6, 6.07) is 5.38. The van der Waals surface area contributed by atoms with Crippen molar-refractivity contribution in [1.82, 2.24) is 4.90 Å². The Morgan fingerprint density at radius 2 is 2.10 bits per heavy atom. The highest BCUT2D eigenvalue weighted by Gasteiger charge is 2.23. The first-order valence-corrected chi connectivity index (χ1v) is 8.25. The Hall–Kier alpha value is -0.330. The van der Waals surface area contributed by atoms with Crippen LogP contribution < -0.4 is 4.74 Å². The Labute approximate surface area is 139 Å². The van der Waals surface area contributed by atoms with Gasteiger partial charge in [0.1, 0.15) is 18.5 Å². The van der Waals surface area contributed by atoms with Crippen LogP contribution in [0, 0.1) is 0 Å². The average molecular weight is 379 g/mol. The molecule has 1 aromatic carbocycles. The lowest BCUT2D eigenvalue weighted by molar-refractivity contribution is -0.0786. The summed E-state index contributed by atoms with van der Waals surface area (Å²) in [6.45, 7) is 6.61. The predicted molar refractivity (Wildman–Crippen MR) is 87.1 cm³/mol. The summed E-state index contributed by atoms with van der Waals surface area (Å²) in [7, 11) is 0. The Balaban J connectivity index is 1.79. The van der Waals surface area contributed by atoms with Crippen LogP contribution in [-0.2, 0) is 4.74 Å². The van der Waals surface area contributed by atoms with Crippen molar-refractivity contribution in [2.45, 2.75) is 32.2 Å². The van der Waals surface area contributed by atoms with E-state index >= 15 is 0 Å². The second-order valence-electron chi connectivity index (χ2n) is 5.52. The monoisotopic (exact) mass is 377 g/mol. The van der Waals surface area contributed by atoms with Crippen LogP contribution in [0.5, 0.6) is 5.75 Å². The summed E-state index contributed by atoms with van der Waals surface area (Å²) in [6.07, 6.45) is -0.135. The fraction of sp³-hybridized carbons (Fsp3) is 0.600. The van der Waals surface area contributed by atoms with Crippen molar-refractivity contribution >= 4 is 27.5 Å². The molecule has 0 amide bonds. The van der Waals surface area contributed by atoms with Crippen LogP contribution in [0.25, 0.3) is 0 Å². The molecular weight excluding hydrogens is 358 g/mol. The Kier molecular flexibility index (Phi) is 6.32. The summed E-state index contributed by atoms with van der Waals surface area (Å²) in [5, 5.41) is 10.7. The first-order chi connectivity index (χ1) is 9.94. The Morgan fingerprint density at radius 3 is 2.71 bits per heavy atom. The molecule has 1 N–H and O–H groups in total. The maximum Gasteiger partial charge on any atom is 0.121 e. The predicted octanol–water partition coefficient (Wildman–Crippen LogP) is 2.95. The van der Waals surface area contributed by atoms with Gasteiger partial charge in [-0.25, -0.2) is 0 Å². The summed E-state index contributed by atoms with van der Waals surface area (Å²) in [5.74, 6) is 0.658. The van der Waals surface area contributed by atoms with E-state index in [1.807, 2.05) is 12.1 Å². The largest absolute Gasteiger partial charge is 0.491 e. The first kappa shape index (κ1) is 17.0. The van der Waals surface area contributed by atoms with Crippen LogP contribution >= 0.6 is 27.5 Å². The third kappa shape index (κ3) is 5.42. The van der Waals surface area contributed by atoms with E-state index in [-0.39, 0.29) is 18.8 Å². The smallest absolute Gasteiger partial charge is 0.121 e. The van der Waals surface area contributed by atoms with Gasteiger partial charge in [0, 0.05) is 24.1 Å². The number of β-amino-alcohol motifs (C(OH)–C–C–N with tert-alkyl or cyclic N) is 1. The van der Waals surface area contributed by atoms with Crippen LogP contribution in [0.4, 0.5) is 0 Å². The van der Waals surface area contributed by atoms with Gasteiger partial charge in [0.05, 0.1) is 17.2 Å². The molecule has 1 aliphatic heterocycles. The first-order valence-electron chi connectivity index (χ1n) is 7.07. The van der Waals surface area contributed by atoms with Crippen LogP contribution in [-0.4, -0.2) is 54.6 Å². The van der Waals surface area contributed by atoms with Gasteiger partial charge in [-0.05, 0) is 48.0 Å². The Morgan fingerprint density at radius 1 is 1.43 bits per heavy atom. The molecule has 0 spiro atoms. The molecular formula is C15H21BrClNO3. The molecule has 21 heavy (non-hydrogen) atoms. The molecule has 1 heterocycles. The zero-order valence-corrected chi connectivity index (χ0v) is 14.6. The summed E-state index contributed by atoms with van der Waals surface area (Å²) in [4.78, 5) is 2.21. The minimum atomic E-state index is -0.537. The van der Waals surface area contributed by atoms with Crippen molar-refractivity contribution in [2.24, 2.45) is 0 Å². The number of benzene rings is 1. The number of ether oxygens (including phenoxy) is 2. The fourth-order valence-corrected chi connectivity index (χ4v) is 2.96. The molecule has 0 aromatic heterocycles. The highest BCUT2D eigenvalue weighted by atomic mass is 79.9. The number of rotatable bonds is 5. The minimum Gasteiger partial charge on any atom is -0.491 e. The number of aliphatic hydroxyl groups excluding tert-OH is 1. The standard InChI is InChI=1S/C15H21BrClNO3/c1-10-6-18(7-11(2)21-10)8-12(19)9-20-13-3-4-14(16)15(17)5-13/h3-5,10-12,19H,6-9H2,1-2H3. The molecule has 1 saturated heterocycles. The molecule has 2 rings (SSSR count). The third-order valence-electron chi connectivity index (χ3n) is 3.30. The Bertz CT molecular complexity index is 464. The maximum atomic E-state index is 10.1. The van der Waals surface area contributed by atoms with E-state index in [1.165, 1.54) is 0 Å². The second kappa shape index (κ2) is 7.79. The summed E-state index contributed by atoms with van der Waals surface area (Å²) < 4.78 is 12.1. The highest BCUT2D eigenvalue weighted by Crippen LogP contribution is 2.26. The molecule has 0 bridgehead atoms. The van der Waals surface area contributed by atoms with Gasteiger partial charge in [0.15, 0.2) is 0 Å². The maximum absolute atomic E-state index is 10.1. The molecule has 118 valence electrons. The molecule has 3 unspecified atom stereocenters. The van der Waals surface area contributed by atoms with Crippen molar-refractivity contribution in [3.63, 3.8) is 0 Å². The van der Waals surface area contributed by atoms with Crippen molar-refractivity contribution in [1.29, 1.82) is 0 Å². The van der Waals surface area contributed by atoms with Crippen molar-refractivity contribution in [3.8, 4) is 5.75 Å². The van der Waals surface area contributed by atoms with Gasteiger partial charge in [0.2, 0.25) is 0 Å². The van der Waals surface area contributed by atoms with Crippen molar-refractivity contribution in [2.75, 3.05) is 26.2 Å². The van der Waals surface area contributed by atoms with E-state index in [9.17, 15) is 5.11 Å². The molecule has 0 saturated carbocycles. The van der Waals surface area contributed by atoms with Gasteiger partial charge in [-0.3, -0.25) is 4.90 Å². The summed E-state index contributed by atoms with van der Waals surface area (Å²) >= 11 is 9.34. The van der Waals surface area contributed by atoms with E-state index in [0.717, 1.165) is 17.6 Å². The van der Waals surface area contributed by atoms with Crippen molar-refractivity contribution < 1.29 is 14.6 Å². The normalized spacial score (nSPS) is 24.8. The molecule has 0 aliphatic carbocycles. The van der Waals surface area contributed by atoms with Gasteiger partial charge >= 0.3 is 0 Å². The van der Waals surface area contributed by atoms with Gasteiger partial charge in [-0.15, -0.1) is 0 Å². The van der Waals surface area contributed by atoms with Gasteiger partial charge in [-0.1, -0.05) is 11.6 Å². The quantitative estimate of drug-likeness (QED) is 0.855.